The quantitative estimate of drug-likeness (QED) is 0.222. The lowest BCUT2D eigenvalue weighted by Crippen LogP contribution is -2.58. The highest BCUT2D eigenvalue weighted by molar-refractivity contribution is 5.95. The fourth-order valence-corrected chi connectivity index (χ4v) is 4.24. The van der Waals surface area contributed by atoms with Crippen LogP contribution in [-0.4, -0.2) is 45.7 Å². The first-order chi connectivity index (χ1) is 19.9. The molecule has 1 aliphatic heterocycles. The van der Waals surface area contributed by atoms with Gasteiger partial charge in [0, 0.05) is 23.4 Å². The molecule has 0 unspecified atom stereocenters. The zero-order valence-corrected chi connectivity index (χ0v) is 21.7. The maximum absolute atomic E-state index is 14.1. The predicted octanol–water partition coefficient (Wildman–Crippen LogP) is 5.43. The number of likely N-dealkylation sites (tertiary alicyclic amines) is 1. The molecule has 8 nitrogen and oxygen atoms in total. The monoisotopic (exact) mass is 583 g/mol. The van der Waals surface area contributed by atoms with Crippen LogP contribution in [0.5, 0.6) is 0 Å². The molecule has 2 amide bonds. The van der Waals surface area contributed by atoms with Crippen molar-refractivity contribution in [1.82, 2.24) is 20.2 Å². The predicted molar refractivity (Wildman–Crippen MR) is 143 cm³/mol. The summed E-state index contributed by atoms with van der Waals surface area (Å²) in [7, 11) is 0. The normalized spacial score (nSPS) is 14.5. The Balaban J connectivity index is 1.28. The van der Waals surface area contributed by atoms with Crippen LogP contribution in [-0.2, 0) is 17.5 Å². The number of nitrogens with two attached hydrogens (primary N) is 1. The third-order valence-electron chi connectivity index (χ3n) is 6.39. The second-order valence-electron chi connectivity index (χ2n) is 9.54. The van der Waals surface area contributed by atoms with Crippen molar-refractivity contribution >= 4 is 23.7 Å². The van der Waals surface area contributed by atoms with Crippen molar-refractivity contribution < 1.29 is 36.0 Å². The van der Waals surface area contributed by atoms with Gasteiger partial charge in [0.05, 0.1) is 31.4 Å². The van der Waals surface area contributed by atoms with Gasteiger partial charge in [0.25, 0.3) is 11.8 Å². The number of nitrogens with zero attached hydrogens (tertiary/aromatic N) is 3. The number of oxazole rings is 1. The van der Waals surface area contributed by atoms with Crippen molar-refractivity contribution in [3.05, 3.63) is 95.6 Å². The fraction of sp³-hybridized carbons (Fsp3) is 0.172. The first-order valence-corrected chi connectivity index (χ1v) is 12.5. The van der Waals surface area contributed by atoms with Crippen molar-refractivity contribution in [3.8, 4) is 22.5 Å². The molecular formula is C29H22F5N5O3. The van der Waals surface area contributed by atoms with E-state index in [1.807, 2.05) is 0 Å². The third kappa shape index (κ3) is 6.45. The summed E-state index contributed by atoms with van der Waals surface area (Å²) in [6, 6.07) is 12.6. The van der Waals surface area contributed by atoms with Crippen LogP contribution < -0.4 is 11.1 Å². The minimum Gasteiger partial charge on any atom is -0.439 e. The van der Waals surface area contributed by atoms with Crippen molar-refractivity contribution in [2.75, 3.05) is 18.8 Å². The topological polar surface area (TPSA) is 114 Å². The Morgan fingerprint density at radius 1 is 1.00 bits per heavy atom. The van der Waals surface area contributed by atoms with Gasteiger partial charge in [-0.1, -0.05) is 18.2 Å². The molecule has 3 heterocycles. The second-order valence-corrected chi connectivity index (χ2v) is 9.54. The van der Waals surface area contributed by atoms with E-state index < -0.39 is 42.6 Å². The molecule has 0 radical (unpaired) electrons. The number of hydrogen-bond acceptors (Lipinski definition) is 6. The highest BCUT2D eigenvalue weighted by Gasteiger charge is 2.46. The smallest absolute Gasteiger partial charge is 0.417 e. The van der Waals surface area contributed by atoms with E-state index in [1.165, 1.54) is 54.7 Å². The van der Waals surface area contributed by atoms with Gasteiger partial charge in [-0.2, -0.15) is 13.2 Å². The summed E-state index contributed by atoms with van der Waals surface area (Å²) in [5, 5.41) is 2.54. The average Bonchev–Trinajstić information content (AvgIpc) is 3.42. The molecule has 1 saturated heterocycles. The van der Waals surface area contributed by atoms with Gasteiger partial charge in [-0.25, -0.2) is 18.7 Å². The Kier molecular flexibility index (Phi) is 7.50. The van der Waals surface area contributed by atoms with Crippen LogP contribution in [0.2, 0.25) is 0 Å². The Morgan fingerprint density at radius 3 is 2.36 bits per heavy atom. The number of hydrogen-bond donors (Lipinski definition) is 2. The largest absolute Gasteiger partial charge is 0.439 e. The number of benzene rings is 2. The summed E-state index contributed by atoms with van der Waals surface area (Å²) in [6.45, 7) is -1.50. The zero-order chi connectivity index (χ0) is 30.1. The Hall–Kier alpha value is -5.07. The number of rotatable bonds is 7. The molecule has 42 heavy (non-hydrogen) atoms. The SMILES string of the molecule is Nc1ccc(/C=C/C(=O)NCc2ncc(-c3ccc(-c4ccc(C(=O)N5CC(F)(F)C5)cc4)cc3C(F)(F)F)o2)cn1. The Morgan fingerprint density at radius 2 is 1.71 bits per heavy atom. The van der Waals surface area contributed by atoms with Gasteiger partial charge in [0.15, 0.2) is 5.76 Å². The van der Waals surface area contributed by atoms with Crippen molar-refractivity contribution in [3.63, 3.8) is 0 Å². The number of pyridine rings is 1. The standard InChI is InChI=1S/C29H22F5N5O3/c30-28(31)15-39(16-28)27(41)19-5-3-18(4-6-19)20-7-8-21(22(11-20)29(32,33)34)23-13-38-26(42-23)14-37-25(40)10-2-17-1-9-24(35)36-12-17/h1-13H,14-16H2,(H2,35,36)(H,37,40)/b10-2+. The molecule has 4 aromatic rings. The summed E-state index contributed by atoms with van der Waals surface area (Å²) in [4.78, 5) is 33.3. The summed E-state index contributed by atoms with van der Waals surface area (Å²) < 4.78 is 73.8. The molecule has 2 aromatic heterocycles. The van der Waals surface area contributed by atoms with Gasteiger partial charge in [0.2, 0.25) is 11.8 Å². The maximum Gasteiger partial charge on any atom is 0.417 e. The number of alkyl halides is 5. The van der Waals surface area contributed by atoms with Crippen LogP contribution in [0.1, 0.15) is 27.4 Å². The van der Waals surface area contributed by atoms with Crippen molar-refractivity contribution in [2.45, 2.75) is 18.6 Å². The third-order valence-corrected chi connectivity index (χ3v) is 6.39. The van der Waals surface area contributed by atoms with Crippen LogP contribution in [0.25, 0.3) is 28.5 Å². The molecular weight excluding hydrogens is 561 g/mol. The molecule has 0 spiro atoms. The van der Waals surface area contributed by atoms with Crippen LogP contribution in [0.15, 0.2) is 77.5 Å². The van der Waals surface area contributed by atoms with E-state index in [4.69, 9.17) is 10.2 Å². The molecule has 0 saturated carbocycles. The van der Waals surface area contributed by atoms with E-state index in [-0.39, 0.29) is 34.9 Å². The number of aromatic nitrogens is 2. The van der Waals surface area contributed by atoms with Crippen LogP contribution in [0, 0.1) is 0 Å². The van der Waals surface area contributed by atoms with Gasteiger partial charge in [-0.15, -0.1) is 0 Å². The van der Waals surface area contributed by atoms with E-state index in [0.717, 1.165) is 17.2 Å². The average molecular weight is 584 g/mol. The van der Waals surface area contributed by atoms with E-state index in [9.17, 15) is 31.5 Å². The molecule has 5 rings (SSSR count). The molecule has 0 aliphatic carbocycles. The zero-order valence-electron chi connectivity index (χ0n) is 21.7. The number of carbonyl (C=O) groups is 2. The number of carbonyl (C=O) groups excluding carboxylic acids is 2. The van der Waals surface area contributed by atoms with Gasteiger partial charge in [-0.05, 0) is 59.2 Å². The van der Waals surface area contributed by atoms with Gasteiger partial charge < -0.3 is 20.4 Å². The second kappa shape index (κ2) is 11.1. The molecule has 0 bridgehead atoms. The summed E-state index contributed by atoms with van der Waals surface area (Å²) in [5.74, 6) is -3.78. The lowest BCUT2D eigenvalue weighted by molar-refractivity contribution is -0.137. The first kappa shape index (κ1) is 28.5. The maximum atomic E-state index is 14.1. The summed E-state index contributed by atoms with van der Waals surface area (Å²) in [5.41, 5.74) is 5.69. The number of nitrogen functional groups attached to an aromatic ring is 1. The minimum atomic E-state index is -4.74. The van der Waals surface area contributed by atoms with Crippen molar-refractivity contribution in [2.24, 2.45) is 0 Å². The summed E-state index contributed by atoms with van der Waals surface area (Å²) in [6.07, 6.45) is 0.648. The first-order valence-electron chi connectivity index (χ1n) is 12.5. The summed E-state index contributed by atoms with van der Waals surface area (Å²) >= 11 is 0. The van der Waals surface area contributed by atoms with E-state index >= 15 is 0 Å². The molecule has 13 heteroatoms. The van der Waals surface area contributed by atoms with E-state index in [2.05, 4.69) is 15.3 Å². The Bertz CT molecular complexity index is 1640. The van der Waals surface area contributed by atoms with Gasteiger partial charge in [0.1, 0.15) is 5.82 Å². The van der Waals surface area contributed by atoms with Gasteiger partial charge >= 0.3 is 6.18 Å². The van der Waals surface area contributed by atoms with E-state index in [0.29, 0.717) is 16.9 Å². The highest BCUT2D eigenvalue weighted by atomic mass is 19.4. The highest BCUT2D eigenvalue weighted by Crippen LogP contribution is 2.40. The van der Waals surface area contributed by atoms with Crippen molar-refractivity contribution in [1.29, 1.82) is 0 Å². The Labute approximate surface area is 235 Å². The van der Waals surface area contributed by atoms with Crippen LogP contribution >= 0.6 is 0 Å². The van der Waals surface area contributed by atoms with Crippen LogP contribution in [0.3, 0.4) is 0 Å². The number of nitrogens with one attached hydrogen (secondary N) is 1. The van der Waals surface area contributed by atoms with E-state index in [1.54, 1.807) is 12.1 Å². The van der Waals surface area contributed by atoms with Gasteiger partial charge in [-0.3, -0.25) is 9.59 Å². The fourth-order valence-electron chi connectivity index (χ4n) is 4.24. The molecule has 1 aliphatic rings. The van der Waals surface area contributed by atoms with Crippen LogP contribution in [0.4, 0.5) is 27.8 Å². The lowest BCUT2D eigenvalue weighted by Gasteiger charge is -2.38. The number of halogens is 5. The number of amides is 2. The molecule has 216 valence electrons. The number of anilines is 1. The molecule has 3 N–H and O–H groups in total. The molecule has 0 atom stereocenters. The molecule has 1 fully saturated rings. The lowest BCUT2D eigenvalue weighted by atomic mass is 9.97. The molecule has 2 aromatic carbocycles. The minimum absolute atomic E-state index is 0.00155.